The van der Waals surface area contributed by atoms with E-state index in [1.165, 1.54) is 0 Å². The third-order valence-electron chi connectivity index (χ3n) is 3.79. The Balaban J connectivity index is 1.95. The zero-order valence-corrected chi connectivity index (χ0v) is 12.7. The molecular weight excluding hydrogens is 264 g/mol. The summed E-state index contributed by atoms with van der Waals surface area (Å²) in [6, 6.07) is 4.32. The summed E-state index contributed by atoms with van der Waals surface area (Å²) in [6.07, 6.45) is 3.86. The number of aryl methyl sites for hydroxylation is 2. The summed E-state index contributed by atoms with van der Waals surface area (Å²) in [5, 5.41) is 3.10. The second kappa shape index (κ2) is 5.63. The van der Waals surface area contributed by atoms with Crippen molar-refractivity contribution in [2.45, 2.75) is 32.7 Å². The van der Waals surface area contributed by atoms with Crippen molar-refractivity contribution in [1.82, 2.24) is 19.9 Å². The topological polar surface area (TPSA) is 66.8 Å². The van der Waals surface area contributed by atoms with E-state index in [4.69, 9.17) is 0 Å². The number of hydrogen-bond donors (Lipinski definition) is 1. The molecule has 1 aliphatic heterocycles. The van der Waals surface area contributed by atoms with Gasteiger partial charge in [-0.2, -0.15) is 0 Å². The molecule has 1 saturated heterocycles. The van der Waals surface area contributed by atoms with Crippen molar-refractivity contribution in [1.29, 1.82) is 0 Å². The average molecular weight is 284 g/mol. The molecule has 6 heteroatoms. The fraction of sp³-hybridized carbons (Fsp3) is 0.467. The number of hydrogen-bond acceptors (Lipinski definition) is 6. The van der Waals surface area contributed by atoms with Crippen LogP contribution in [0.3, 0.4) is 0 Å². The van der Waals surface area contributed by atoms with Crippen LogP contribution in [0.15, 0.2) is 18.5 Å². The van der Waals surface area contributed by atoms with Gasteiger partial charge in [-0.3, -0.25) is 0 Å². The Kier molecular flexibility index (Phi) is 3.68. The van der Waals surface area contributed by atoms with Crippen molar-refractivity contribution < 1.29 is 0 Å². The Morgan fingerprint density at radius 3 is 2.81 bits per heavy atom. The van der Waals surface area contributed by atoms with Crippen LogP contribution in [0.25, 0.3) is 0 Å². The molecular formula is C15H20N6. The molecule has 0 spiro atoms. The number of aromatic nitrogens is 4. The van der Waals surface area contributed by atoms with Gasteiger partial charge in [0.05, 0.1) is 11.7 Å². The van der Waals surface area contributed by atoms with Crippen LogP contribution in [0.2, 0.25) is 0 Å². The molecule has 0 bridgehead atoms. The summed E-state index contributed by atoms with van der Waals surface area (Å²) in [4.78, 5) is 19.9. The molecule has 0 unspecified atom stereocenters. The number of nitrogens with one attached hydrogen (secondary N) is 1. The highest BCUT2D eigenvalue weighted by Crippen LogP contribution is 2.34. The summed E-state index contributed by atoms with van der Waals surface area (Å²) in [6.45, 7) is 4.92. The molecule has 1 fully saturated rings. The monoisotopic (exact) mass is 284 g/mol. The van der Waals surface area contributed by atoms with E-state index in [0.717, 1.165) is 48.2 Å². The second-order valence-corrected chi connectivity index (χ2v) is 5.34. The molecule has 110 valence electrons. The van der Waals surface area contributed by atoms with E-state index in [1.54, 1.807) is 6.33 Å². The summed E-state index contributed by atoms with van der Waals surface area (Å²) in [5.74, 6) is 2.64. The Hall–Kier alpha value is -2.24. The standard InChI is InChI=1S/C15H20N6/c1-10-7-15(18-9-17-10)21-6-4-5-13(21)12-8-14(16-3)20-11(2)19-12/h7-9,13H,4-6H2,1-3H3,(H,16,19,20)/t13-/m1/s1. The van der Waals surface area contributed by atoms with Crippen LogP contribution in [-0.4, -0.2) is 33.5 Å². The normalized spacial score (nSPS) is 18.0. The molecule has 3 rings (SSSR count). The first-order valence-corrected chi connectivity index (χ1v) is 7.26. The first-order valence-electron chi connectivity index (χ1n) is 7.26. The van der Waals surface area contributed by atoms with E-state index >= 15 is 0 Å². The van der Waals surface area contributed by atoms with E-state index in [0.29, 0.717) is 0 Å². The minimum atomic E-state index is 0.257. The second-order valence-electron chi connectivity index (χ2n) is 5.34. The minimum absolute atomic E-state index is 0.257. The highest BCUT2D eigenvalue weighted by atomic mass is 15.2. The maximum Gasteiger partial charge on any atom is 0.132 e. The first-order chi connectivity index (χ1) is 10.2. The quantitative estimate of drug-likeness (QED) is 0.932. The third-order valence-corrected chi connectivity index (χ3v) is 3.79. The van der Waals surface area contributed by atoms with Crippen LogP contribution in [0, 0.1) is 13.8 Å². The average Bonchev–Trinajstić information content (AvgIpc) is 2.96. The van der Waals surface area contributed by atoms with E-state index < -0.39 is 0 Å². The summed E-state index contributed by atoms with van der Waals surface area (Å²) >= 11 is 0. The lowest BCUT2D eigenvalue weighted by Gasteiger charge is -2.25. The molecule has 1 N–H and O–H groups in total. The molecule has 2 aromatic heterocycles. The van der Waals surface area contributed by atoms with Gasteiger partial charge in [-0.25, -0.2) is 19.9 Å². The van der Waals surface area contributed by atoms with Gasteiger partial charge in [0.2, 0.25) is 0 Å². The number of anilines is 2. The Morgan fingerprint density at radius 1 is 1.19 bits per heavy atom. The van der Waals surface area contributed by atoms with Gasteiger partial charge in [-0.15, -0.1) is 0 Å². The van der Waals surface area contributed by atoms with Crippen molar-refractivity contribution in [2.24, 2.45) is 0 Å². The van der Waals surface area contributed by atoms with Gasteiger partial charge in [-0.05, 0) is 26.7 Å². The van der Waals surface area contributed by atoms with E-state index in [2.05, 4.69) is 30.2 Å². The Morgan fingerprint density at radius 2 is 2.05 bits per heavy atom. The van der Waals surface area contributed by atoms with E-state index in [-0.39, 0.29) is 6.04 Å². The molecule has 2 aromatic rings. The van der Waals surface area contributed by atoms with E-state index in [1.807, 2.05) is 33.0 Å². The van der Waals surface area contributed by atoms with Gasteiger partial charge >= 0.3 is 0 Å². The molecule has 0 amide bonds. The zero-order valence-electron chi connectivity index (χ0n) is 12.7. The van der Waals surface area contributed by atoms with Gasteiger partial charge in [0.15, 0.2) is 0 Å². The first kappa shape index (κ1) is 13.7. The highest BCUT2D eigenvalue weighted by molar-refractivity contribution is 5.45. The van der Waals surface area contributed by atoms with E-state index in [9.17, 15) is 0 Å². The minimum Gasteiger partial charge on any atom is -0.373 e. The smallest absolute Gasteiger partial charge is 0.132 e. The lowest BCUT2D eigenvalue weighted by atomic mass is 10.1. The summed E-state index contributed by atoms with van der Waals surface area (Å²) in [5.41, 5.74) is 2.04. The molecule has 3 heterocycles. The number of nitrogens with zero attached hydrogens (tertiary/aromatic N) is 5. The van der Waals surface area contributed by atoms with Gasteiger partial charge in [0, 0.05) is 31.4 Å². The molecule has 0 radical (unpaired) electrons. The van der Waals surface area contributed by atoms with Gasteiger partial charge in [-0.1, -0.05) is 0 Å². The van der Waals surface area contributed by atoms with Crippen molar-refractivity contribution >= 4 is 11.6 Å². The molecule has 21 heavy (non-hydrogen) atoms. The zero-order chi connectivity index (χ0) is 14.8. The molecule has 0 aliphatic carbocycles. The van der Waals surface area contributed by atoms with Crippen molar-refractivity contribution in [3.8, 4) is 0 Å². The summed E-state index contributed by atoms with van der Waals surface area (Å²) in [7, 11) is 1.88. The fourth-order valence-corrected chi connectivity index (χ4v) is 2.84. The van der Waals surface area contributed by atoms with Gasteiger partial charge in [0.1, 0.15) is 23.8 Å². The fourth-order valence-electron chi connectivity index (χ4n) is 2.84. The Bertz CT molecular complexity index is 642. The van der Waals surface area contributed by atoms with Crippen LogP contribution < -0.4 is 10.2 Å². The molecule has 0 aromatic carbocycles. The summed E-state index contributed by atoms with van der Waals surface area (Å²) < 4.78 is 0. The molecule has 1 aliphatic rings. The highest BCUT2D eigenvalue weighted by Gasteiger charge is 2.28. The predicted octanol–water partition coefficient (Wildman–Crippen LogP) is 2.27. The lowest BCUT2D eigenvalue weighted by molar-refractivity contribution is 0.679. The van der Waals surface area contributed by atoms with Crippen LogP contribution in [0.1, 0.15) is 36.1 Å². The molecule has 0 saturated carbocycles. The largest absolute Gasteiger partial charge is 0.373 e. The Labute approximate surface area is 124 Å². The molecule has 6 nitrogen and oxygen atoms in total. The SMILES string of the molecule is CNc1cc([C@H]2CCCN2c2cc(C)ncn2)nc(C)n1. The van der Waals surface area contributed by atoms with Crippen LogP contribution in [0.5, 0.6) is 0 Å². The van der Waals surface area contributed by atoms with Crippen molar-refractivity contribution in [2.75, 3.05) is 23.8 Å². The number of rotatable bonds is 3. The van der Waals surface area contributed by atoms with Crippen molar-refractivity contribution in [3.63, 3.8) is 0 Å². The third kappa shape index (κ3) is 2.79. The van der Waals surface area contributed by atoms with Gasteiger partial charge in [0.25, 0.3) is 0 Å². The maximum atomic E-state index is 4.63. The predicted molar refractivity (Wildman–Crippen MR) is 82.4 cm³/mol. The van der Waals surface area contributed by atoms with Crippen molar-refractivity contribution in [3.05, 3.63) is 35.7 Å². The van der Waals surface area contributed by atoms with Crippen LogP contribution >= 0.6 is 0 Å². The lowest BCUT2D eigenvalue weighted by Crippen LogP contribution is -2.25. The molecule has 1 atom stereocenters. The van der Waals surface area contributed by atoms with Crippen LogP contribution in [-0.2, 0) is 0 Å². The van der Waals surface area contributed by atoms with Crippen LogP contribution in [0.4, 0.5) is 11.6 Å². The van der Waals surface area contributed by atoms with Gasteiger partial charge < -0.3 is 10.2 Å². The maximum absolute atomic E-state index is 4.63.